The molecule has 1 aliphatic rings. The van der Waals surface area contributed by atoms with E-state index >= 15 is 0 Å². The largest absolute Gasteiger partial charge is 0.339 e. The summed E-state index contributed by atoms with van der Waals surface area (Å²) in [7, 11) is 0. The number of hydrogen-bond donors (Lipinski definition) is 2. The van der Waals surface area contributed by atoms with Crippen LogP contribution in [0.25, 0.3) is 6.08 Å². The average molecular weight is 405 g/mol. The number of piperidine rings is 1. The van der Waals surface area contributed by atoms with Crippen molar-refractivity contribution in [2.24, 2.45) is 0 Å². The van der Waals surface area contributed by atoms with Gasteiger partial charge in [-0.2, -0.15) is 0 Å². The Morgan fingerprint density at radius 3 is 2.30 bits per heavy atom. The highest BCUT2D eigenvalue weighted by Crippen LogP contribution is 2.21. The molecule has 2 aromatic carbocycles. The minimum atomic E-state index is -0.479. The van der Waals surface area contributed by atoms with Gasteiger partial charge in [0, 0.05) is 20.0 Å². The molecule has 2 aromatic rings. The van der Waals surface area contributed by atoms with Crippen LogP contribution < -0.4 is 10.6 Å². The number of anilines is 1. The van der Waals surface area contributed by atoms with Crippen LogP contribution >= 0.6 is 0 Å². The van der Waals surface area contributed by atoms with Crippen LogP contribution in [-0.4, -0.2) is 35.7 Å². The Balaban J connectivity index is 1.86. The molecule has 0 bridgehead atoms. The van der Waals surface area contributed by atoms with Gasteiger partial charge < -0.3 is 15.5 Å². The molecule has 0 saturated carbocycles. The number of hydrogen-bond acceptors (Lipinski definition) is 3. The second-order valence-electron chi connectivity index (χ2n) is 7.45. The van der Waals surface area contributed by atoms with Gasteiger partial charge in [0.2, 0.25) is 5.91 Å². The molecule has 1 heterocycles. The van der Waals surface area contributed by atoms with Crippen LogP contribution in [-0.2, 0) is 9.59 Å². The highest BCUT2D eigenvalue weighted by atomic mass is 16.2. The maximum absolute atomic E-state index is 13.0. The number of benzene rings is 2. The molecule has 0 radical (unpaired) electrons. The third-order valence-corrected chi connectivity index (χ3v) is 5.09. The van der Waals surface area contributed by atoms with Gasteiger partial charge in [0.25, 0.3) is 11.8 Å². The molecule has 0 spiro atoms. The lowest BCUT2D eigenvalue weighted by atomic mass is 10.1. The highest BCUT2D eigenvalue weighted by Gasteiger charge is 2.22. The molecule has 6 heteroatoms. The summed E-state index contributed by atoms with van der Waals surface area (Å²) in [6.07, 6.45) is 4.76. The molecule has 0 aliphatic carbocycles. The first-order chi connectivity index (χ1) is 14.5. The van der Waals surface area contributed by atoms with E-state index in [4.69, 9.17) is 0 Å². The van der Waals surface area contributed by atoms with Gasteiger partial charge in [-0.15, -0.1) is 0 Å². The third kappa shape index (κ3) is 5.35. The molecular weight excluding hydrogens is 378 g/mol. The average Bonchev–Trinajstić information content (AvgIpc) is 2.75. The predicted octanol–water partition coefficient (Wildman–Crippen LogP) is 3.74. The summed E-state index contributed by atoms with van der Waals surface area (Å²) >= 11 is 0. The Hall–Kier alpha value is -3.41. The molecule has 6 nitrogen and oxygen atoms in total. The standard InChI is InChI=1S/C24H27N3O3/c1-17-10-4-5-11-19(17)16-22(25-18(2)28)23(29)26-21-13-7-6-12-20(21)24(30)27-14-8-3-9-15-27/h4-7,10-13,16H,3,8-9,14-15H2,1-2H3,(H,25,28)(H,26,29). The van der Waals surface area contributed by atoms with Crippen molar-refractivity contribution in [1.82, 2.24) is 10.2 Å². The first-order valence-corrected chi connectivity index (χ1v) is 10.2. The number of amides is 3. The first kappa shape index (κ1) is 21.3. The van der Waals surface area contributed by atoms with Gasteiger partial charge in [0.05, 0.1) is 11.3 Å². The molecule has 1 saturated heterocycles. The van der Waals surface area contributed by atoms with Gasteiger partial charge in [-0.3, -0.25) is 14.4 Å². The molecule has 156 valence electrons. The fraction of sp³-hybridized carbons (Fsp3) is 0.292. The van der Waals surface area contributed by atoms with Crippen LogP contribution in [0.5, 0.6) is 0 Å². The fourth-order valence-corrected chi connectivity index (χ4v) is 3.49. The summed E-state index contributed by atoms with van der Waals surface area (Å²) in [6.45, 7) is 4.74. The Morgan fingerprint density at radius 1 is 0.933 bits per heavy atom. The number of aryl methyl sites for hydroxylation is 1. The smallest absolute Gasteiger partial charge is 0.272 e. The molecule has 0 atom stereocenters. The third-order valence-electron chi connectivity index (χ3n) is 5.09. The SMILES string of the molecule is CC(=O)NC(=Cc1ccccc1C)C(=O)Nc1ccccc1C(=O)N1CCCCC1. The fourth-order valence-electron chi connectivity index (χ4n) is 3.49. The van der Waals surface area contributed by atoms with Gasteiger partial charge in [-0.1, -0.05) is 36.4 Å². The summed E-state index contributed by atoms with van der Waals surface area (Å²) in [5, 5.41) is 5.41. The zero-order valence-corrected chi connectivity index (χ0v) is 17.4. The molecule has 3 rings (SSSR count). The maximum Gasteiger partial charge on any atom is 0.272 e. The van der Waals surface area contributed by atoms with E-state index in [0.29, 0.717) is 11.3 Å². The van der Waals surface area contributed by atoms with Crippen LogP contribution in [0.15, 0.2) is 54.2 Å². The van der Waals surface area contributed by atoms with Gasteiger partial charge in [-0.25, -0.2) is 0 Å². The predicted molar refractivity (Wildman–Crippen MR) is 118 cm³/mol. The van der Waals surface area contributed by atoms with E-state index in [-0.39, 0.29) is 17.5 Å². The van der Waals surface area contributed by atoms with Crippen molar-refractivity contribution in [3.05, 3.63) is 70.9 Å². The summed E-state index contributed by atoms with van der Waals surface area (Å²) < 4.78 is 0. The van der Waals surface area contributed by atoms with E-state index in [0.717, 1.165) is 43.5 Å². The van der Waals surface area contributed by atoms with Crippen molar-refractivity contribution in [3.8, 4) is 0 Å². The Morgan fingerprint density at radius 2 is 1.60 bits per heavy atom. The Kier molecular flexibility index (Phi) is 7.01. The maximum atomic E-state index is 13.0. The van der Waals surface area contributed by atoms with E-state index < -0.39 is 5.91 Å². The van der Waals surface area contributed by atoms with Crippen LogP contribution in [0, 0.1) is 6.92 Å². The van der Waals surface area contributed by atoms with E-state index in [1.165, 1.54) is 6.92 Å². The van der Waals surface area contributed by atoms with E-state index in [1.807, 2.05) is 36.1 Å². The molecule has 3 amide bonds. The monoisotopic (exact) mass is 405 g/mol. The minimum Gasteiger partial charge on any atom is -0.339 e. The quantitative estimate of drug-likeness (QED) is 0.744. The topological polar surface area (TPSA) is 78.5 Å². The number of carbonyl (C=O) groups excluding carboxylic acids is 3. The van der Waals surface area contributed by atoms with Crippen molar-refractivity contribution < 1.29 is 14.4 Å². The number of nitrogens with zero attached hydrogens (tertiary/aromatic N) is 1. The van der Waals surface area contributed by atoms with E-state index in [1.54, 1.807) is 30.3 Å². The Bertz CT molecular complexity index is 975. The highest BCUT2D eigenvalue weighted by molar-refractivity contribution is 6.11. The van der Waals surface area contributed by atoms with Crippen molar-refractivity contribution in [2.75, 3.05) is 18.4 Å². The molecule has 0 unspecified atom stereocenters. The molecule has 2 N–H and O–H groups in total. The number of carbonyl (C=O) groups is 3. The van der Waals surface area contributed by atoms with Crippen LogP contribution in [0.1, 0.15) is 47.7 Å². The molecule has 0 aromatic heterocycles. The number of nitrogens with one attached hydrogen (secondary N) is 2. The van der Waals surface area contributed by atoms with Gasteiger partial charge in [0.15, 0.2) is 0 Å². The van der Waals surface area contributed by atoms with Crippen LogP contribution in [0.3, 0.4) is 0 Å². The van der Waals surface area contributed by atoms with Crippen LogP contribution in [0.4, 0.5) is 5.69 Å². The lowest BCUT2D eigenvalue weighted by Crippen LogP contribution is -2.36. The second-order valence-corrected chi connectivity index (χ2v) is 7.45. The lowest BCUT2D eigenvalue weighted by molar-refractivity contribution is -0.120. The van der Waals surface area contributed by atoms with Crippen molar-refractivity contribution in [3.63, 3.8) is 0 Å². The molecule has 30 heavy (non-hydrogen) atoms. The van der Waals surface area contributed by atoms with Crippen LogP contribution in [0.2, 0.25) is 0 Å². The van der Waals surface area contributed by atoms with Crippen molar-refractivity contribution in [1.29, 1.82) is 0 Å². The summed E-state index contributed by atoms with van der Waals surface area (Å²) in [4.78, 5) is 39.5. The van der Waals surface area contributed by atoms with Gasteiger partial charge >= 0.3 is 0 Å². The first-order valence-electron chi connectivity index (χ1n) is 10.2. The molecule has 1 fully saturated rings. The summed E-state index contributed by atoms with van der Waals surface area (Å²) in [5.74, 6) is -0.912. The van der Waals surface area contributed by atoms with Crippen molar-refractivity contribution >= 4 is 29.5 Å². The number of likely N-dealkylation sites (tertiary alicyclic amines) is 1. The summed E-state index contributed by atoms with van der Waals surface area (Å²) in [5.41, 5.74) is 2.81. The molecular formula is C24H27N3O3. The van der Waals surface area contributed by atoms with Crippen molar-refractivity contribution in [2.45, 2.75) is 33.1 Å². The number of para-hydroxylation sites is 1. The van der Waals surface area contributed by atoms with Gasteiger partial charge in [-0.05, 0) is 55.5 Å². The summed E-state index contributed by atoms with van der Waals surface area (Å²) in [6, 6.07) is 14.6. The second kappa shape index (κ2) is 9.87. The van der Waals surface area contributed by atoms with E-state index in [2.05, 4.69) is 10.6 Å². The zero-order chi connectivity index (χ0) is 21.5. The zero-order valence-electron chi connectivity index (χ0n) is 17.4. The number of rotatable bonds is 5. The minimum absolute atomic E-state index is 0.0884. The van der Waals surface area contributed by atoms with E-state index in [9.17, 15) is 14.4 Å². The molecule has 1 aliphatic heterocycles. The van der Waals surface area contributed by atoms with Gasteiger partial charge in [0.1, 0.15) is 5.70 Å². The lowest BCUT2D eigenvalue weighted by Gasteiger charge is -2.27. The Labute approximate surface area is 177 Å². The normalized spacial score (nSPS) is 14.2.